The van der Waals surface area contributed by atoms with E-state index < -0.39 is 11.8 Å². The van der Waals surface area contributed by atoms with Crippen LogP contribution >= 0.6 is 0 Å². The summed E-state index contributed by atoms with van der Waals surface area (Å²) in [5.41, 5.74) is 1.01. The topological polar surface area (TPSA) is 82.1 Å². The summed E-state index contributed by atoms with van der Waals surface area (Å²) in [5, 5.41) is 0. The summed E-state index contributed by atoms with van der Waals surface area (Å²) < 4.78 is 5.44. The number of hydrogen-bond donors (Lipinski definition) is 0. The predicted octanol–water partition coefficient (Wildman–Crippen LogP) is 0.483. The van der Waals surface area contributed by atoms with Gasteiger partial charge in [0.2, 0.25) is 5.95 Å². The third kappa shape index (κ3) is 4.14. The van der Waals surface area contributed by atoms with Gasteiger partial charge in [-0.15, -0.1) is 0 Å². The highest BCUT2D eigenvalue weighted by Crippen LogP contribution is 2.28. The van der Waals surface area contributed by atoms with Gasteiger partial charge in [-0.05, 0) is 18.2 Å². The lowest BCUT2D eigenvalue weighted by Gasteiger charge is -2.38. The molecule has 2 aliphatic rings. The van der Waals surface area contributed by atoms with Crippen molar-refractivity contribution in [2.45, 2.75) is 0 Å². The van der Waals surface area contributed by atoms with E-state index in [-0.39, 0.29) is 0 Å². The molecule has 158 valence electrons. The molecule has 2 amide bonds. The second-order valence-corrected chi connectivity index (χ2v) is 7.28. The maximum Gasteiger partial charge on any atom is 0.312 e. The van der Waals surface area contributed by atoms with Crippen LogP contribution in [-0.4, -0.2) is 91.0 Å². The molecular formula is C21H26N6O3. The summed E-state index contributed by atoms with van der Waals surface area (Å²) in [6, 6.07) is 9.62. The Morgan fingerprint density at radius 2 is 1.30 bits per heavy atom. The first-order valence-electron chi connectivity index (χ1n) is 10.2. The van der Waals surface area contributed by atoms with Gasteiger partial charge in [-0.25, -0.2) is 9.97 Å². The lowest BCUT2D eigenvalue weighted by Crippen LogP contribution is -2.56. The van der Waals surface area contributed by atoms with Gasteiger partial charge in [0.25, 0.3) is 0 Å². The van der Waals surface area contributed by atoms with Crippen LogP contribution in [0.2, 0.25) is 0 Å². The molecule has 0 bridgehead atoms. The van der Waals surface area contributed by atoms with Crippen LogP contribution in [0, 0.1) is 0 Å². The van der Waals surface area contributed by atoms with E-state index >= 15 is 0 Å². The van der Waals surface area contributed by atoms with Crippen LogP contribution in [0.25, 0.3) is 0 Å². The summed E-state index contributed by atoms with van der Waals surface area (Å²) >= 11 is 0. The van der Waals surface area contributed by atoms with Crippen molar-refractivity contribution in [3.05, 3.63) is 42.7 Å². The largest absolute Gasteiger partial charge is 0.495 e. The van der Waals surface area contributed by atoms with Crippen molar-refractivity contribution in [1.29, 1.82) is 0 Å². The van der Waals surface area contributed by atoms with E-state index in [2.05, 4.69) is 14.9 Å². The minimum atomic E-state index is -0.422. The standard InChI is InChI=1S/C21H26N6O3/c1-30-18-6-3-2-5-17(18)24-9-11-25(12-10-24)19(28)20(29)26-13-15-27(16-14-26)21-22-7-4-8-23-21/h2-8H,9-16H2,1H3. The lowest BCUT2D eigenvalue weighted by atomic mass is 10.2. The van der Waals surface area contributed by atoms with Crippen LogP contribution in [-0.2, 0) is 9.59 Å². The molecular weight excluding hydrogens is 384 g/mol. The molecule has 0 spiro atoms. The molecule has 30 heavy (non-hydrogen) atoms. The Morgan fingerprint density at radius 1 is 0.767 bits per heavy atom. The van der Waals surface area contributed by atoms with Gasteiger partial charge in [-0.2, -0.15) is 0 Å². The number of para-hydroxylation sites is 2. The molecule has 2 saturated heterocycles. The molecule has 2 aliphatic heterocycles. The van der Waals surface area contributed by atoms with Crippen molar-refractivity contribution in [3.8, 4) is 5.75 Å². The molecule has 1 aromatic heterocycles. The molecule has 0 radical (unpaired) electrons. The normalized spacial score (nSPS) is 17.1. The van der Waals surface area contributed by atoms with Crippen LogP contribution in [0.4, 0.5) is 11.6 Å². The number of carbonyl (C=O) groups excluding carboxylic acids is 2. The average Bonchev–Trinajstić information content (AvgIpc) is 2.84. The Hall–Kier alpha value is -3.36. The van der Waals surface area contributed by atoms with E-state index in [4.69, 9.17) is 4.74 Å². The predicted molar refractivity (Wildman–Crippen MR) is 113 cm³/mol. The van der Waals surface area contributed by atoms with Gasteiger partial charge in [0.1, 0.15) is 5.75 Å². The van der Waals surface area contributed by atoms with Crippen molar-refractivity contribution in [2.75, 3.05) is 69.3 Å². The Morgan fingerprint density at radius 3 is 1.87 bits per heavy atom. The smallest absolute Gasteiger partial charge is 0.312 e. The van der Waals surface area contributed by atoms with Gasteiger partial charge < -0.3 is 24.3 Å². The zero-order valence-corrected chi connectivity index (χ0v) is 17.1. The van der Waals surface area contributed by atoms with Crippen molar-refractivity contribution < 1.29 is 14.3 Å². The number of methoxy groups -OCH3 is 1. The molecule has 2 aromatic rings. The molecule has 0 unspecified atom stereocenters. The number of ether oxygens (including phenoxy) is 1. The van der Waals surface area contributed by atoms with Crippen molar-refractivity contribution in [2.24, 2.45) is 0 Å². The SMILES string of the molecule is COc1ccccc1N1CCN(C(=O)C(=O)N2CCN(c3ncccn3)CC2)CC1. The van der Waals surface area contributed by atoms with Gasteiger partial charge >= 0.3 is 11.8 Å². The van der Waals surface area contributed by atoms with E-state index in [9.17, 15) is 9.59 Å². The maximum atomic E-state index is 12.8. The molecule has 0 aliphatic carbocycles. The third-order valence-corrected chi connectivity index (χ3v) is 5.58. The van der Waals surface area contributed by atoms with Gasteiger partial charge in [0.15, 0.2) is 0 Å². The molecule has 9 nitrogen and oxygen atoms in total. The first-order valence-corrected chi connectivity index (χ1v) is 10.2. The van der Waals surface area contributed by atoms with Crippen molar-refractivity contribution in [1.82, 2.24) is 19.8 Å². The lowest BCUT2D eigenvalue weighted by molar-refractivity contribution is -0.152. The van der Waals surface area contributed by atoms with Crippen LogP contribution in [0.3, 0.4) is 0 Å². The van der Waals surface area contributed by atoms with Crippen LogP contribution < -0.4 is 14.5 Å². The molecule has 9 heteroatoms. The highest BCUT2D eigenvalue weighted by atomic mass is 16.5. The Bertz CT molecular complexity index is 877. The van der Waals surface area contributed by atoms with Gasteiger partial charge in [-0.3, -0.25) is 9.59 Å². The van der Waals surface area contributed by atoms with Gasteiger partial charge in [0.05, 0.1) is 12.8 Å². The van der Waals surface area contributed by atoms with E-state index in [1.165, 1.54) is 0 Å². The van der Waals surface area contributed by atoms with Gasteiger partial charge in [0, 0.05) is 64.8 Å². The van der Waals surface area contributed by atoms with E-state index in [1.807, 2.05) is 29.2 Å². The fourth-order valence-electron chi connectivity index (χ4n) is 3.88. The number of carbonyl (C=O) groups is 2. The van der Waals surface area contributed by atoms with E-state index in [1.54, 1.807) is 35.4 Å². The first-order chi connectivity index (χ1) is 14.7. The van der Waals surface area contributed by atoms with Crippen molar-refractivity contribution >= 4 is 23.5 Å². The number of amides is 2. The minimum Gasteiger partial charge on any atom is -0.495 e. The summed E-state index contributed by atoms with van der Waals surface area (Å²) in [6.07, 6.45) is 3.40. The average molecular weight is 410 g/mol. The molecule has 3 heterocycles. The first kappa shape index (κ1) is 19.9. The summed E-state index contributed by atoms with van der Waals surface area (Å²) in [5.74, 6) is 0.630. The number of benzene rings is 1. The zero-order valence-electron chi connectivity index (χ0n) is 17.1. The van der Waals surface area contributed by atoms with E-state index in [0.717, 1.165) is 11.4 Å². The third-order valence-electron chi connectivity index (χ3n) is 5.58. The number of hydrogen-bond acceptors (Lipinski definition) is 7. The van der Waals surface area contributed by atoms with Crippen LogP contribution in [0.15, 0.2) is 42.7 Å². The number of piperazine rings is 2. The van der Waals surface area contributed by atoms with Crippen molar-refractivity contribution in [3.63, 3.8) is 0 Å². The minimum absolute atomic E-state index is 0.418. The number of aromatic nitrogens is 2. The monoisotopic (exact) mass is 410 g/mol. The fourth-order valence-corrected chi connectivity index (χ4v) is 3.88. The van der Waals surface area contributed by atoms with Crippen LogP contribution in [0.1, 0.15) is 0 Å². The maximum absolute atomic E-state index is 12.8. The summed E-state index contributed by atoms with van der Waals surface area (Å²) in [7, 11) is 1.65. The quantitative estimate of drug-likeness (QED) is 0.681. The number of rotatable bonds is 3. The molecule has 0 atom stereocenters. The molecule has 0 N–H and O–H groups in total. The zero-order chi connectivity index (χ0) is 20.9. The van der Waals surface area contributed by atoms with E-state index in [0.29, 0.717) is 58.3 Å². The van der Waals surface area contributed by atoms with Gasteiger partial charge in [-0.1, -0.05) is 12.1 Å². The Kier molecular flexibility index (Phi) is 5.97. The Labute approximate surface area is 175 Å². The molecule has 4 rings (SSSR count). The highest BCUT2D eigenvalue weighted by molar-refractivity contribution is 6.35. The Balaban J connectivity index is 1.30. The summed E-state index contributed by atoms with van der Waals surface area (Å²) in [4.78, 5) is 41.5. The number of nitrogens with zero attached hydrogens (tertiary/aromatic N) is 6. The second kappa shape index (κ2) is 8.98. The molecule has 0 saturated carbocycles. The van der Waals surface area contributed by atoms with Crippen LogP contribution in [0.5, 0.6) is 5.75 Å². The second-order valence-electron chi connectivity index (χ2n) is 7.28. The number of anilines is 2. The fraction of sp³-hybridized carbons (Fsp3) is 0.429. The molecule has 2 fully saturated rings. The molecule has 1 aromatic carbocycles. The summed E-state index contributed by atoms with van der Waals surface area (Å²) in [6.45, 7) is 4.57. The highest BCUT2D eigenvalue weighted by Gasteiger charge is 2.32.